The Balaban J connectivity index is 1.27. The molecule has 0 radical (unpaired) electrons. The maximum Gasteiger partial charge on any atom is 0.240 e. The summed E-state index contributed by atoms with van der Waals surface area (Å²) >= 11 is 0. The summed E-state index contributed by atoms with van der Waals surface area (Å²) in [5.41, 5.74) is 1.51. The van der Waals surface area contributed by atoms with E-state index in [2.05, 4.69) is 29.2 Å². The quantitative estimate of drug-likeness (QED) is 0.654. The molecule has 0 spiro atoms. The first-order valence-corrected chi connectivity index (χ1v) is 12.0. The van der Waals surface area contributed by atoms with Crippen LogP contribution in [0.1, 0.15) is 36.0 Å². The Morgan fingerprint density at radius 2 is 1.68 bits per heavy atom. The highest BCUT2D eigenvalue weighted by Crippen LogP contribution is 2.41. The number of fused-ring (bicyclic) bond motifs is 1. The van der Waals surface area contributed by atoms with Gasteiger partial charge < -0.3 is 4.90 Å². The van der Waals surface area contributed by atoms with Gasteiger partial charge in [-0.05, 0) is 36.5 Å². The fraction of sp³-hybridized carbons (Fsp3) is 0.444. The van der Waals surface area contributed by atoms with Gasteiger partial charge in [0, 0.05) is 57.7 Å². The van der Waals surface area contributed by atoms with Crippen molar-refractivity contribution in [3.05, 3.63) is 71.0 Å². The van der Waals surface area contributed by atoms with Crippen LogP contribution in [-0.4, -0.2) is 71.7 Å². The highest BCUT2D eigenvalue weighted by Gasteiger charge is 2.54. The summed E-state index contributed by atoms with van der Waals surface area (Å²) in [6.07, 6.45) is 2.85. The first-order valence-electron chi connectivity index (χ1n) is 12.0. The van der Waals surface area contributed by atoms with Crippen LogP contribution in [0.5, 0.6) is 0 Å². The Morgan fingerprint density at radius 1 is 1.00 bits per heavy atom. The largest absolute Gasteiger partial charge is 0.340 e. The van der Waals surface area contributed by atoms with Gasteiger partial charge in [0.1, 0.15) is 5.82 Å². The molecule has 0 N–H and O–H groups in total. The van der Waals surface area contributed by atoms with Crippen LogP contribution in [-0.2, 0) is 32.6 Å². The third-order valence-electron chi connectivity index (χ3n) is 7.89. The minimum Gasteiger partial charge on any atom is -0.340 e. The monoisotopic (exact) mass is 463 g/mol. The van der Waals surface area contributed by atoms with Crippen LogP contribution in [0.4, 0.5) is 4.39 Å². The summed E-state index contributed by atoms with van der Waals surface area (Å²) in [6, 6.07) is 15.1. The van der Waals surface area contributed by atoms with Crippen LogP contribution in [0.3, 0.4) is 0 Å². The van der Waals surface area contributed by atoms with E-state index in [0.29, 0.717) is 19.1 Å². The van der Waals surface area contributed by atoms with Crippen LogP contribution < -0.4 is 0 Å². The fourth-order valence-corrected chi connectivity index (χ4v) is 5.88. The molecule has 2 aromatic rings. The number of benzene rings is 2. The average Bonchev–Trinajstić information content (AvgIpc) is 3.08. The molecule has 2 saturated heterocycles. The topological polar surface area (TPSA) is 60.9 Å². The maximum atomic E-state index is 14.8. The van der Waals surface area contributed by atoms with Crippen LogP contribution in [0, 0.1) is 5.82 Å². The van der Waals surface area contributed by atoms with Crippen LogP contribution >= 0.6 is 0 Å². The third-order valence-corrected chi connectivity index (χ3v) is 7.89. The van der Waals surface area contributed by atoms with Gasteiger partial charge in [0.2, 0.25) is 17.7 Å². The van der Waals surface area contributed by atoms with E-state index in [1.807, 2.05) is 0 Å². The number of carbonyl (C=O) groups is 3. The van der Waals surface area contributed by atoms with Crippen LogP contribution in [0.25, 0.3) is 0 Å². The van der Waals surface area contributed by atoms with Gasteiger partial charge in [-0.25, -0.2) is 4.39 Å². The highest BCUT2D eigenvalue weighted by molar-refractivity contribution is 6.10. The van der Waals surface area contributed by atoms with Gasteiger partial charge in [0.15, 0.2) is 0 Å². The predicted octanol–water partition coefficient (Wildman–Crippen LogP) is 2.54. The van der Waals surface area contributed by atoms with Crippen molar-refractivity contribution in [3.63, 3.8) is 0 Å². The molecule has 2 aliphatic heterocycles. The second-order valence-corrected chi connectivity index (χ2v) is 9.76. The molecule has 2 aromatic carbocycles. The molecular formula is C27H30FN3O3. The van der Waals surface area contributed by atoms with Gasteiger partial charge in [-0.1, -0.05) is 42.5 Å². The summed E-state index contributed by atoms with van der Waals surface area (Å²) in [6.45, 7) is 2.70. The second kappa shape index (κ2) is 8.95. The first-order chi connectivity index (χ1) is 16.4. The molecule has 0 bridgehead atoms. The lowest BCUT2D eigenvalue weighted by Gasteiger charge is -2.41. The molecule has 6 nitrogen and oxygen atoms in total. The van der Waals surface area contributed by atoms with E-state index in [-0.39, 0.29) is 30.2 Å². The number of piperazine rings is 1. The zero-order chi connectivity index (χ0) is 23.9. The number of halogens is 1. The number of carbonyl (C=O) groups excluding carboxylic acids is 3. The van der Waals surface area contributed by atoms with Gasteiger partial charge in [-0.3, -0.25) is 24.2 Å². The van der Waals surface area contributed by atoms with E-state index in [0.717, 1.165) is 37.3 Å². The zero-order valence-electron chi connectivity index (χ0n) is 19.5. The predicted molar refractivity (Wildman–Crippen MR) is 125 cm³/mol. The normalized spacial score (nSPS) is 25.5. The minimum absolute atomic E-state index is 0.130. The summed E-state index contributed by atoms with van der Waals surface area (Å²) in [5, 5.41) is 0. The standard InChI is InChI=1S/C27H30FN3O3/c1-29-24(32)17-27(26(29)34,22-8-4-5-9-23(22)28)18-25(33)31-14-12-30(13-15-31)21-11-10-19-6-2-3-7-20(19)16-21/h2-9,21H,10-18H2,1H3/t21-,27-/m1/s1. The number of nitrogens with zero attached hydrogens (tertiary/aromatic N) is 3. The lowest BCUT2D eigenvalue weighted by atomic mass is 9.75. The zero-order valence-corrected chi connectivity index (χ0v) is 19.5. The molecule has 7 heteroatoms. The summed E-state index contributed by atoms with van der Waals surface area (Å²) < 4.78 is 14.8. The second-order valence-electron chi connectivity index (χ2n) is 9.76. The maximum absolute atomic E-state index is 14.8. The molecule has 5 rings (SSSR count). The van der Waals surface area contributed by atoms with Gasteiger partial charge in [0.25, 0.3) is 0 Å². The molecule has 0 saturated carbocycles. The van der Waals surface area contributed by atoms with Crippen molar-refractivity contribution >= 4 is 17.7 Å². The fourth-order valence-electron chi connectivity index (χ4n) is 5.88. The smallest absolute Gasteiger partial charge is 0.240 e. The molecule has 2 atom stereocenters. The van der Waals surface area contributed by atoms with Gasteiger partial charge in [-0.2, -0.15) is 0 Å². The van der Waals surface area contributed by atoms with Gasteiger partial charge in [-0.15, -0.1) is 0 Å². The van der Waals surface area contributed by atoms with E-state index in [1.165, 1.54) is 30.3 Å². The molecule has 2 fully saturated rings. The average molecular weight is 464 g/mol. The first kappa shape index (κ1) is 22.7. The molecule has 178 valence electrons. The number of amides is 3. The van der Waals surface area contributed by atoms with Gasteiger partial charge >= 0.3 is 0 Å². The highest BCUT2D eigenvalue weighted by atomic mass is 19.1. The van der Waals surface area contributed by atoms with E-state index in [9.17, 15) is 18.8 Å². The van der Waals surface area contributed by atoms with Crippen LogP contribution in [0.2, 0.25) is 0 Å². The third kappa shape index (κ3) is 3.92. The van der Waals surface area contributed by atoms with Crippen molar-refractivity contribution in [1.82, 2.24) is 14.7 Å². The lowest BCUT2D eigenvalue weighted by molar-refractivity contribution is -0.142. The Hall–Kier alpha value is -3.06. The molecule has 0 unspecified atom stereocenters. The van der Waals surface area contributed by atoms with E-state index < -0.39 is 17.1 Å². The molecule has 3 aliphatic rings. The number of hydrogen-bond donors (Lipinski definition) is 0. The number of imide groups is 1. The Kier molecular flexibility index (Phi) is 5.98. The molecular weight excluding hydrogens is 433 g/mol. The Labute approximate surface area is 199 Å². The number of rotatable bonds is 4. The molecule has 34 heavy (non-hydrogen) atoms. The molecule has 2 heterocycles. The number of hydrogen-bond acceptors (Lipinski definition) is 4. The summed E-state index contributed by atoms with van der Waals surface area (Å²) in [5.74, 6) is -1.65. The van der Waals surface area contributed by atoms with Crippen LogP contribution in [0.15, 0.2) is 48.5 Å². The molecule has 3 amide bonds. The number of aryl methyl sites for hydroxylation is 1. The van der Waals surface area contributed by atoms with E-state index in [4.69, 9.17) is 0 Å². The summed E-state index contributed by atoms with van der Waals surface area (Å²) in [4.78, 5) is 44.1. The SMILES string of the molecule is CN1C(=O)C[C@@](CC(=O)N2CCN([C@@H]3CCc4ccccc4C3)CC2)(c2ccccc2F)C1=O. The van der Waals surface area contributed by atoms with Crippen molar-refractivity contribution in [3.8, 4) is 0 Å². The number of likely N-dealkylation sites (tertiary alicyclic amines) is 1. The number of likely N-dealkylation sites (N-methyl/N-ethyl adjacent to an activating group) is 1. The molecule has 0 aromatic heterocycles. The van der Waals surface area contributed by atoms with Gasteiger partial charge in [0.05, 0.1) is 5.41 Å². The van der Waals surface area contributed by atoms with Crippen molar-refractivity contribution in [2.45, 2.75) is 43.6 Å². The van der Waals surface area contributed by atoms with Crippen molar-refractivity contribution in [1.29, 1.82) is 0 Å². The minimum atomic E-state index is -1.47. The Bertz CT molecular complexity index is 1130. The van der Waals surface area contributed by atoms with Crippen molar-refractivity contribution in [2.24, 2.45) is 0 Å². The lowest BCUT2D eigenvalue weighted by Crippen LogP contribution is -2.54. The van der Waals surface area contributed by atoms with E-state index >= 15 is 0 Å². The molecule has 1 aliphatic carbocycles. The van der Waals surface area contributed by atoms with E-state index in [1.54, 1.807) is 17.0 Å². The Morgan fingerprint density at radius 3 is 2.35 bits per heavy atom. The van der Waals surface area contributed by atoms with Crippen molar-refractivity contribution < 1.29 is 18.8 Å². The van der Waals surface area contributed by atoms with Crippen molar-refractivity contribution in [2.75, 3.05) is 33.2 Å². The summed E-state index contributed by atoms with van der Waals surface area (Å²) in [7, 11) is 1.40.